The number of amides is 1. The number of carbonyl (C=O) groups is 1. The number of rotatable bonds is 7. The lowest BCUT2D eigenvalue weighted by molar-refractivity contribution is -0.135. The number of alkyl halides is 3. The lowest BCUT2D eigenvalue weighted by Gasteiger charge is -2.26. The molecule has 11 heteroatoms. The van der Waals surface area contributed by atoms with E-state index in [0.717, 1.165) is 12.6 Å². The van der Waals surface area contributed by atoms with Crippen LogP contribution in [-0.2, 0) is 21.2 Å². The summed E-state index contributed by atoms with van der Waals surface area (Å²) in [5, 5.41) is 11.9. The van der Waals surface area contributed by atoms with Crippen molar-refractivity contribution in [2.45, 2.75) is 25.6 Å². The average Bonchev–Trinajstić information content (AvgIpc) is 2.67. The molecule has 0 bridgehead atoms. The summed E-state index contributed by atoms with van der Waals surface area (Å²) in [5.41, 5.74) is -0.343. The van der Waals surface area contributed by atoms with Gasteiger partial charge in [-0.15, -0.1) is 0 Å². The number of nitrogens with one attached hydrogen (secondary N) is 3. The van der Waals surface area contributed by atoms with Gasteiger partial charge < -0.3 is 20.9 Å². The van der Waals surface area contributed by atoms with Crippen molar-refractivity contribution in [3.8, 4) is 0 Å². The van der Waals surface area contributed by atoms with E-state index < -0.39 is 27.4 Å². The zero-order chi connectivity index (χ0) is 22.5. The van der Waals surface area contributed by atoms with Gasteiger partial charge in [-0.25, -0.2) is 8.42 Å². The van der Waals surface area contributed by atoms with Gasteiger partial charge in [0.15, 0.2) is 0 Å². The van der Waals surface area contributed by atoms with Crippen LogP contribution in [0.1, 0.15) is 18.4 Å². The molecule has 1 fully saturated rings. The van der Waals surface area contributed by atoms with Gasteiger partial charge in [0.2, 0.25) is 5.91 Å². The number of hydrogen-bond donors (Lipinski definition) is 3. The van der Waals surface area contributed by atoms with Gasteiger partial charge in [-0.05, 0) is 30.5 Å². The van der Waals surface area contributed by atoms with Crippen molar-refractivity contribution < 1.29 is 26.4 Å². The second kappa shape index (κ2) is 9.50. The molecule has 0 aliphatic carbocycles. The number of nitrogens with zero attached hydrogens (tertiary/aromatic N) is 1. The zero-order valence-corrected chi connectivity index (χ0v) is 17.5. The Balaban J connectivity index is 2.02. The summed E-state index contributed by atoms with van der Waals surface area (Å²) in [6.07, 6.45) is -3.40. The molecule has 1 aliphatic heterocycles. The molecule has 1 saturated heterocycles. The van der Waals surface area contributed by atoms with Gasteiger partial charge in [0, 0.05) is 38.5 Å². The number of sulfone groups is 1. The van der Waals surface area contributed by atoms with Crippen LogP contribution in [0.4, 0.5) is 18.9 Å². The number of anilines is 1. The Hall–Kier alpha value is -2.56. The van der Waals surface area contributed by atoms with Crippen molar-refractivity contribution in [2.24, 2.45) is 5.92 Å². The van der Waals surface area contributed by atoms with Crippen LogP contribution >= 0.6 is 0 Å². The lowest BCUT2D eigenvalue weighted by Crippen LogP contribution is -2.37. The molecular formula is C19H25F3N4O3S. The number of benzene rings is 1. The van der Waals surface area contributed by atoms with Crippen molar-refractivity contribution in [3.63, 3.8) is 0 Å². The maximum Gasteiger partial charge on any atom is 0.433 e. The van der Waals surface area contributed by atoms with Gasteiger partial charge in [0.05, 0.1) is 17.2 Å². The number of halogens is 3. The first-order valence-electron chi connectivity index (χ1n) is 9.28. The van der Waals surface area contributed by atoms with Crippen LogP contribution in [0.3, 0.4) is 0 Å². The van der Waals surface area contributed by atoms with E-state index in [4.69, 9.17) is 5.41 Å². The molecule has 0 saturated carbocycles. The molecular weight excluding hydrogens is 421 g/mol. The molecule has 1 heterocycles. The van der Waals surface area contributed by atoms with Gasteiger partial charge in [-0.2, -0.15) is 13.2 Å². The SMILES string of the molecule is CN/C(=C(\C=N)Nc1ccc(CN(C)C(=O)C2CCS(=O)(=O)CC2)cc1)C(F)(F)F. The fourth-order valence-corrected chi connectivity index (χ4v) is 4.74. The molecule has 0 unspecified atom stereocenters. The molecule has 0 atom stereocenters. The first-order chi connectivity index (χ1) is 14.0. The van der Waals surface area contributed by atoms with Gasteiger partial charge >= 0.3 is 6.18 Å². The maximum absolute atomic E-state index is 13.0. The predicted molar refractivity (Wildman–Crippen MR) is 109 cm³/mol. The Morgan fingerprint density at radius 1 is 1.23 bits per heavy atom. The van der Waals surface area contributed by atoms with Crippen molar-refractivity contribution in [2.75, 3.05) is 30.9 Å². The highest BCUT2D eigenvalue weighted by atomic mass is 32.2. The predicted octanol–water partition coefficient (Wildman–Crippen LogP) is 2.52. The van der Waals surface area contributed by atoms with Gasteiger partial charge in [-0.3, -0.25) is 4.79 Å². The fraction of sp³-hybridized carbons (Fsp3) is 0.474. The van der Waals surface area contributed by atoms with E-state index in [0.29, 0.717) is 31.3 Å². The van der Waals surface area contributed by atoms with E-state index in [-0.39, 0.29) is 23.3 Å². The third kappa shape index (κ3) is 6.22. The molecule has 3 N–H and O–H groups in total. The summed E-state index contributed by atoms with van der Waals surface area (Å²) in [5.74, 6) is -0.396. The fourth-order valence-electron chi connectivity index (χ4n) is 3.25. The Morgan fingerprint density at radius 3 is 2.27 bits per heavy atom. The molecule has 2 rings (SSSR count). The summed E-state index contributed by atoms with van der Waals surface area (Å²) >= 11 is 0. The third-order valence-electron chi connectivity index (χ3n) is 4.88. The monoisotopic (exact) mass is 446 g/mol. The summed E-state index contributed by atoms with van der Waals surface area (Å²) in [4.78, 5) is 14.1. The Morgan fingerprint density at radius 2 is 1.80 bits per heavy atom. The van der Waals surface area contributed by atoms with E-state index >= 15 is 0 Å². The van der Waals surface area contributed by atoms with E-state index in [1.807, 2.05) is 0 Å². The minimum absolute atomic E-state index is 0.0208. The van der Waals surface area contributed by atoms with Crippen LogP contribution in [0.25, 0.3) is 0 Å². The van der Waals surface area contributed by atoms with Crippen LogP contribution < -0.4 is 10.6 Å². The molecule has 1 aromatic carbocycles. The minimum atomic E-state index is -4.63. The highest BCUT2D eigenvalue weighted by Gasteiger charge is 2.35. The molecule has 1 amide bonds. The van der Waals surface area contributed by atoms with Crippen LogP contribution in [0.15, 0.2) is 35.7 Å². The third-order valence-corrected chi connectivity index (χ3v) is 6.60. The maximum atomic E-state index is 13.0. The molecule has 30 heavy (non-hydrogen) atoms. The number of allylic oxidation sites excluding steroid dienone is 2. The second-order valence-corrected chi connectivity index (χ2v) is 9.43. The highest BCUT2D eigenvalue weighted by Crippen LogP contribution is 2.26. The van der Waals surface area contributed by atoms with E-state index in [1.165, 1.54) is 4.90 Å². The Kier molecular flexibility index (Phi) is 7.51. The Bertz CT molecular complexity index is 898. The molecule has 0 aromatic heterocycles. The average molecular weight is 446 g/mol. The van der Waals surface area contributed by atoms with E-state index in [9.17, 15) is 26.4 Å². The van der Waals surface area contributed by atoms with Gasteiger partial charge in [-0.1, -0.05) is 12.1 Å². The van der Waals surface area contributed by atoms with Crippen molar-refractivity contribution in [1.82, 2.24) is 10.2 Å². The number of hydrogen-bond acceptors (Lipinski definition) is 6. The highest BCUT2D eigenvalue weighted by molar-refractivity contribution is 7.91. The minimum Gasteiger partial charge on any atom is -0.382 e. The quantitative estimate of drug-likeness (QED) is 0.559. The van der Waals surface area contributed by atoms with Crippen molar-refractivity contribution in [3.05, 3.63) is 41.2 Å². The molecule has 1 aromatic rings. The normalized spacial score (nSPS) is 17.6. The largest absolute Gasteiger partial charge is 0.433 e. The zero-order valence-electron chi connectivity index (χ0n) is 16.7. The van der Waals surface area contributed by atoms with Gasteiger partial charge in [0.1, 0.15) is 15.5 Å². The molecule has 166 valence electrons. The molecule has 7 nitrogen and oxygen atoms in total. The van der Waals surface area contributed by atoms with Crippen LogP contribution in [-0.4, -0.2) is 57.2 Å². The first kappa shape index (κ1) is 23.7. The smallest absolute Gasteiger partial charge is 0.382 e. The van der Waals surface area contributed by atoms with Crippen LogP contribution in [0, 0.1) is 11.3 Å². The van der Waals surface area contributed by atoms with Crippen molar-refractivity contribution in [1.29, 1.82) is 5.41 Å². The van der Waals surface area contributed by atoms with E-state index in [1.54, 1.807) is 31.3 Å². The number of carbonyl (C=O) groups excluding carboxylic acids is 1. The summed E-state index contributed by atoms with van der Waals surface area (Å²) in [7, 11) is -0.275. The van der Waals surface area contributed by atoms with Gasteiger partial charge in [0.25, 0.3) is 0 Å². The standard InChI is InChI=1S/C19H25F3N4O3S/c1-24-17(19(20,21)22)16(11-23)25-15-5-3-13(4-6-15)12-26(2)18(27)14-7-9-30(28,29)10-8-14/h3-6,11,14,23-25H,7-10,12H2,1-2H3/b17-16+,23-11?. The van der Waals surface area contributed by atoms with E-state index in [2.05, 4.69) is 10.6 Å². The lowest BCUT2D eigenvalue weighted by atomic mass is 10.0. The van der Waals surface area contributed by atoms with Crippen LogP contribution in [0.2, 0.25) is 0 Å². The van der Waals surface area contributed by atoms with Crippen LogP contribution in [0.5, 0.6) is 0 Å². The summed E-state index contributed by atoms with van der Waals surface area (Å²) in [6.45, 7) is 0.292. The Labute approximate surface area is 173 Å². The first-order valence-corrected chi connectivity index (χ1v) is 11.1. The summed E-state index contributed by atoms with van der Waals surface area (Å²) in [6, 6.07) is 6.47. The summed E-state index contributed by atoms with van der Waals surface area (Å²) < 4.78 is 62.0. The second-order valence-electron chi connectivity index (χ2n) is 7.12. The molecule has 0 spiro atoms. The molecule has 1 aliphatic rings. The topological polar surface area (TPSA) is 102 Å². The molecule has 0 radical (unpaired) electrons. The van der Waals surface area contributed by atoms with Crippen molar-refractivity contribution >= 4 is 27.6 Å².